The normalized spacial score (nSPS) is 10.0. The van der Waals surface area contributed by atoms with E-state index in [0.717, 1.165) is 0 Å². The molecule has 0 amide bonds. The molecule has 2 nitrogen and oxygen atoms in total. The highest BCUT2D eigenvalue weighted by Gasteiger charge is 1.77. The van der Waals surface area contributed by atoms with Crippen molar-refractivity contribution < 1.29 is 6.21 Å². The van der Waals surface area contributed by atoms with Crippen molar-refractivity contribution in [3.05, 3.63) is 0 Å². The first-order chi connectivity index (χ1) is 2.77. The molecule has 0 aliphatic carbocycles. The molecule has 28 valence electrons. The van der Waals surface area contributed by atoms with Crippen LogP contribution in [-0.2, 0) is 4.79 Å². The van der Waals surface area contributed by atoms with Crippen LogP contribution in [0.25, 0.3) is 0 Å². The fourth-order valence-electron chi connectivity index (χ4n) is 0. The Morgan fingerprint density at radius 2 is 3.00 bits per heavy atom. The maximum Gasteiger partial charge on any atom is 0.188 e. The van der Waals surface area contributed by atoms with E-state index in [9.17, 15) is 4.79 Å². The average Bonchev–Trinajstić information content (AvgIpc) is 1.35. The summed E-state index contributed by atoms with van der Waals surface area (Å²) in [4.78, 5) is 9.86. The van der Waals surface area contributed by atoms with Crippen molar-refractivity contribution >= 4 is 13.5 Å². The van der Waals surface area contributed by atoms with Gasteiger partial charge in [0.1, 0.15) is 1.41 Å². The lowest BCUT2D eigenvalue weighted by Crippen LogP contribution is -2.11. The zero-order chi connectivity index (χ0) is 4.99. The minimum Gasteiger partial charge on any atom is -0.325 e. The van der Waals surface area contributed by atoms with Gasteiger partial charge in [0.2, 0.25) is 0 Å². The first-order valence-corrected chi connectivity index (χ1v) is 1.41. The van der Waals surface area contributed by atoms with Gasteiger partial charge in [-0.05, 0) is 0 Å². The van der Waals surface area contributed by atoms with Crippen molar-refractivity contribution in [1.82, 2.24) is 0 Å². The quantitative estimate of drug-likeness (QED) is 0.387. The van der Waals surface area contributed by atoms with E-state index < -0.39 is 0 Å². The highest BCUT2D eigenvalue weighted by molar-refractivity contribution is 6.58. The summed E-state index contributed by atoms with van der Waals surface area (Å²) in [5, 5.41) is 0. The number of rotatable bonds is 2. The van der Waals surface area contributed by atoms with Gasteiger partial charge in [-0.2, -0.15) is 0 Å². The summed E-state index contributed by atoms with van der Waals surface area (Å²) < 4.78 is 6.26. The van der Waals surface area contributed by atoms with Crippen molar-refractivity contribution in [2.24, 2.45) is 5.73 Å². The van der Waals surface area contributed by atoms with E-state index in [1.165, 1.54) is 7.85 Å². The molecular formula is C2H6BNO. The molecule has 0 unspecified atom stereocenters. The molecule has 0 aromatic heterocycles. The van der Waals surface area contributed by atoms with Gasteiger partial charge in [0.05, 0.1) is 5.68 Å². The third-order valence-electron chi connectivity index (χ3n) is 0.249. The van der Waals surface area contributed by atoms with Crippen LogP contribution in [0.3, 0.4) is 0 Å². The second-order valence-electron chi connectivity index (χ2n) is 0.879. The Bertz CT molecular complexity index is 57.5. The van der Waals surface area contributed by atoms with Gasteiger partial charge in [-0.3, -0.25) is 0 Å². The van der Waals surface area contributed by atoms with Crippen LogP contribution >= 0.6 is 0 Å². The smallest absolute Gasteiger partial charge is 0.188 e. The Morgan fingerprint density at radius 3 is 3.00 bits per heavy atom. The zero-order valence-electron chi connectivity index (χ0n) is 4.12. The van der Waals surface area contributed by atoms with Crippen LogP contribution in [0.5, 0.6) is 0 Å². The largest absolute Gasteiger partial charge is 0.325 e. The third kappa shape index (κ3) is 3.69. The summed E-state index contributed by atoms with van der Waals surface area (Å²) in [5.41, 5.74) is 1.96. The monoisotopic (exact) mass is 72.1 g/mol. The molecule has 2 N–H and O–H groups in total. The minimum atomic E-state index is -0.00926. The van der Waals surface area contributed by atoms with Gasteiger partial charge in [0.25, 0.3) is 0 Å². The van der Waals surface area contributed by atoms with E-state index >= 15 is 0 Å². The molecule has 0 bridgehead atoms. The molecule has 0 atom stereocenters. The maximum atomic E-state index is 9.86. The minimum absolute atomic E-state index is 0.00926. The first kappa shape index (κ1) is 2.91. The summed E-state index contributed by atoms with van der Waals surface area (Å²) in [6.45, 7) is 0.153. The second-order valence-corrected chi connectivity index (χ2v) is 0.879. The lowest BCUT2D eigenvalue weighted by atomic mass is 10.0. The van der Waals surface area contributed by atoms with Gasteiger partial charge < -0.3 is 10.5 Å². The highest BCUT2D eigenvalue weighted by atomic mass is 16.1. The molecule has 3 heteroatoms. The van der Waals surface area contributed by atoms with Crippen LogP contribution in [0.1, 0.15) is 0 Å². The molecule has 0 heterocycles. The molecule has 0 spiro atoms. The standard InChI is InChI=1S/C2H6BNO/c3-2(5)1-4/h1,3-4H2/i/hD. The van der Waals surface area contributed by atoms with Crippen LogP contribution in [0.15, 0.2) is 0 Å². The molecule has 0 aliphatic heterocycles. The fraction of sp³-hybridized carbons (Fsp3) is 0.500. The van der Waals surface area contributed by atoms with Crippen molar-refractivity contribution in [2.75, 3.05) is 6.54 Å². The summed E-state index contributed by atoms with van der Waals surface area (Å²) >= 11 is 0. The second kappa shape index (κ2) is 1.97. The SMILES string of the molecule is [2H]NCC(B)=O. The molecule has 0 radical (unpaired) electrons. The molecule has 0 saturated carbocycles. The Balaban J connectivity index is 2.83. The predicted octanol–water partition coefficient (Wildman–Crippen LogP) is -1.90. The van der Waals surface area contributed by atoms with Gasteiger partial charge in [0.15, 0.2) is 7.85 Å². The van der Waals surface area contributed by atoms with E-state index in [1.54, 1.807) is 0 Å². The Hall–Kier alpha value is -0.305. The van der Waals surface area contributed by atoms with Crippen LogP contribution in [0.4, 0.5) is 0 Å². The molecule has 0 aromatic carbocycles. The predicted molar refractivity (Wildman–Crippen MR) is 22.6 cm³/mol. The van der Waals surface area contributed by atoms with Crippen molar-refractivity contribution in [1.29, 1.82) is 0 Å². The zero-order valence-corrected chi connectivity index (χ0v) is 3.12. The van der Waals surface area contributed by atoms with E-state index in [2.05, 4.69) is 0 Å². The van der Waals surface area contributed by atoms with Crippen molar-refractivity contribution in [2.45, 2.75) is 0 Å². The van der Waals surface area contributed by atoms with Crippen LogP contribution in [-0.4, -0.2) is 20.1 Å². The van der Waals surface area contributed by atoms with Gasteiger partial charge >= 0.3 is 0 Å². The summed E-state index contributed by atoms with van der Waals surface area (Å²) in [6, 6.07) is 0. The van der Waals surface area contributed by atoms with Crippen molar-refractivity contribution in [3.8, 4) is 0 Å². The Labute approximate surface area is 33.2 Å². The van der Waals surface area contributed by atoms with Gasteiger partial charge in [-0.1, -0.05) is 0 Å². The summed E-state index contributed by atoms with van der Waals surface area (Å²) in [7, 11) is 1.43. The van der Waals surface area contributed by atoms with E-state index in [0.29, 0.717) is 0 Å². The van der Waals surface area contributed by atoms with E-state index in [4.69, 9.17) is 1.41 Å². The third-order valence-corrected chi connectivity index (χ3v) is 0.249. The number of hydrogen-bond acceptors (Lipinski definition) is 2. The molecule has 0 rings (SSSR count). The van der Waals surface area contributed by atoms with Crippen LogP contribution < -0.4 is 5.73 Å². The maximum absolute atomic E-state index is 9.86. The molecule has 0 aliphatic rings. The fourth-order valence-corrected chi connectivity index (χ4v) is 0. The van der Waals surface area contributed by atoms with Gasteiger partial charge in [-0.15, -0.1) is 0 Å². The molecule has 0 fully saturated rings. The van der Waals surface area contributed by atoms with Gasteiger partial charge in [-0.25, -0.2) is 0 Å². The van der Waals surface area contributed by atoms with Gasteiger partial charge in [0, 0.05) is 6.54 Å². The number of carbonyl (C=O) groups excluding carboxylic acids is 1. The lowest BCUT2D eigenvalue weighted by molar-refractivity contribution is -0.110. The average molecular weight is 71.9 g/mol. The van der Waals surface area contributed by atoms with Crippen LogP contribution in [0, 0.1) is 0 Å². The summed E-state index contributed by atoms with van der Waals surface area (Å²) in [5.74, 6) is 0. The number of nitrogens with two attached hydrogens (primary N) is 1. The Kier molecular flexibility index (Phi) is 1.14. The van der Waals surface area contributed by atoms with E-state index in [-0.39, 0.29) is 12.2 Å². The molecule has 0 aromatic rings. The highest BCUT2D eigenvalue weighted by Crippen LogP contribution is 1.42. The number of carbonyl (C=O) groups is 1. The summed E-state index contributed by atoms with van der Waals surface area (Å²) in [6.07, 6.45) is 0. The first-order valence-electron chi connectivity index (χ1n) is 1.91. The number of hydrogen-bond donors (Lipinski definition) is 1. The lowest BCUT2D eigenvalue weighted by Gasteiger charge is -1.73. The van der Waals surface area contributed by atoms with Crippen LogP contribution in [0.2, 0.25) is 1.41 Å². The molecular weight excluding hydrogens is 64.8 g/mol. The molecule has 5 heavy (non-hydrogen) atoms. The van der Waals surface area contributed by atoms with Crippen molar-refractivity contribution in [3.63, 3.8) is 0 Å². The van der Waals surface area contributed by atoms with E-state index in [1.807, 2.05) is 5.73 Å². The molecule has 0 saturated heterocycles. The Morgan fingerprint density at radius 1 is 2.40 bits per heavy atom. The topological polar surface area (TPSA) is 43.1 Å².